The summed E-state index contributed by atoms with van der Waals surface area (Å²) in [5.74, 6) is 0.160. The average molecular weight is 285 g/mol. The predicted octanol–water partition coefficient (Wildman–Crippen LogP) is 2.05. The lowest BCUT2D eigenvalue weighted by Gasteiger charge is -2.32. The van der Waals surface area contributed by atoms with Gasteiger partial charge in [0.25, 0.3) is 5.91 Å². The lowest BCUT2D eigenvalue weighted by molar-refractivity contribution is -0.118. The Morgan fingerprint density at radius 1 is 1.47 bits per heavy atom. The number of primary amides is 1. The van der Waals surface area contributed by atoms with Crippen molar-refractivity contribution in [2.24, 2.45) is 11.7 Å². The number of rotatable bonds is 4. The molecule has 0 aliphatic carbocycles. The van der Waals surface area contributed by atoms with Crippen molar-refractivity contribution in [2.75, 3.05) is 13.1 Å². The van der Waals surface area contributed by atoms with E-state index in [1.165, 1.54) is 0 Å². The van der Waals surface area contributed by atoms with Crippen molar-refractivity contribution in [1.82, 2.24) is 4.90 Å². The van der Waals surface area contributed by atoms with Gasteiger partial charge in [0.1, 0.15) is 0 Å². The topological polar surface area (TPSA) is 76.5 Å². The summed E-state index contributed by atoms with van der Waals surface area (Å²) in [6.45, 7) is 1.36. The molecule has 1 aromatic rings. The van der Waals surface area contributed by atoms with Gasteiger partial charge >= 0.3 is 0 Å². The molecule has 0 aromatic carbocycles. The maximum atomic E-state index is 12.2. The van der Waals surface area contributed by atoms with Crippen LogP contribution in [0, 0.1) is 5.92 Å². The number of amides is 2. The summed E-state index contributed by atoms with van der Waals surface area (Å²) in [6, 6.07) is 3.14. The van der Waals surface area contributed by atoms with Crippen LogP contribution in [-0.2, 0) is 4.79 Å². The normalized spacial score (nSPS) is 19.4. The van der Waals surface area contributed by atoms with Crippen molar-refractivity contribution in [2.45, 2.75) is 25.7 Å². The van der Waals surface area contributed by atoms with Crippen LogP contribution in [0.2, 0.25) is 5.22 Å². The molecule has 1 aliphatic rings. The third-order valence-electron chi connectivity index (χ3n) is 3.39. The maximum Gasteiger partial charge on any atom is 0.289 e. The predicted molar refractivity (Wildman–Crippen MR) is 70.8 cm³/mol. The van der Waals surface area contributed by atoms with E-state index in [0.717, 1.165) is 19.3 Å². The highest BCUT2D eigenvalue weighted by molar-refractivity contribution is 6.29. The molecule has 1 atom stereocenters. The molecule has 2 amide bonds. The lowest BCUT2D eigenvalue weighted by atomic mass is 9.93. The van der Waals surface area contributed by atoms with Crippen molar-refractivity contribution >= 4 is 23.4 Å². The highest BCUT2D eigenvalue weighted by atomic mass is 35.5. The second kappa shape index (κ2) is 6.10. The van der Waals surface area contributed by atoms with Crippen LogP contribution >= 0.6 is 11.6 Å². The summed E-state index contributed by atoms with van der Waals surface area (Å²) in [5, 5.41) is 0.214. The molecule has 1 fully saturated rings. The first-order valence-corrected chi connectivity index (χ1v) is 6.77. The molecule has 5 nitrogen and oxygen atoms in total. The van der Waals surface area contributed by atoms with E-state index in [9.17, 15) is 9.59 Å². The molecule has 1 aromatic heterocycles. The van der Waals surface area contributed by atoms with Crippen LogP contribution in [0.4, 0.5) is 0 Å². The number of hydrogen-bond acceptors (Lipinski definition) is 3. The summed E-state index contributed by atoms with van der Waals surface area (Å²) in [7, 11) is 0. The lowest BCUT2D eigenvalue weighted by Crippen LogP contribution is -2.40. The van der Waals surface area contributed by atoms with Crippen LogP contribution in [0.1, 0.15) is 36.2 Å². The molecule has 1 saturated heterocycles. The highest BCUT2D eigenvalue weighted by Gasteiger charge is 2.26. The Morgan fingerprint density at radius 2 is 2.26 bits per heavy atom. The van der Waals surface area contributed by atoms with Gasteiger partial charge in [-0.15, -0.1) is 0 Å². The minimum atomic E-state index is -0.290. The molecule has 2 N–H and O–H groups in total. The van der Waals surface area contributed by atoms with E-state index in [0.29, 0.717) is 25.4 Å². The number of halogens is 1. The first-order chi connectivity index (χ1) is 9.06. The van der Waals surface area contributed by atoms with Crippen LogP contribution in [0.5, 0.6) is 0 Å². The fraction of sp³-hybridized carbons (Fsp3) is 0.538. The monoisotopic (exact) mass is 284 g/mol. The Balaban J connectivity index is 1.93. The number of carbonyl (C=O) groups is 2. The van der Waals surface area contributed by atoms with Gasteiger partial charge < -0.3 is 15.1 Å². The van der Waals surface area contributed by atoms with Crippen LogP contribution in [0.25, 0.3) is 0 Å². The summed E-state index contributed by atoms with van der Waals surface area (Å²) >= 11 is 5.67. The standard InChI is InChI=1S/C13H17ClN2O3/c14-11-5-4-10(19-11)13(18)16-7-1-2-9(8-16)3-6-12(15)17/h4-5,9H,1-3,6-8H2,(H2,15,17). The molecular formula is C13H17ClN2O3. The van der Waals surface area contributed by atoms with Gasteiger partial charge in [-0.3, -0.25) is 9.59 Å². The molecule has 0 radical (unpaired) electrons. The zero-order chi connectivity index (χ0) is 13.8. The fourth-order valence-corrected chi connectivity index (χ4v) is 2.56. The number of carbonyl (C=O) groups excluding carboxylic acids is 2. The molecule has 104 valence electrons. The number of nitrogens with two attached hydrogens (primary N) is 1. The smallest absolute Gasteiger partial charge is 0.289 e. The van der Waals surface area contributed by atoms with Gasteiger partial charge in [0.15, 0.2) is 11.0 Å². The molecular weight excluding hydrogens is 268 g/mol. The zero-order valence-corrected chi connectivity index (χ0v) is 11.4. The SMILES string of the molecule is NC(=O)CCC1CCCN(C(=O)c2ccc(Cl)o2)C1. The van der Waals surface area contributed by atoms with Crippen LogP contribution in [0.15, 0.2) is 16.5 Å². The Kier molecular flexibility index (Phi) is 4.47. The number of hydrogen-bond donors (Lipinski definition) is 1. The van der Waals surface area contributed by atoms with E-state index in [-0.39, 0.29) is 22.8 Å². The van der Waals surface area contributed by atoms with Gasteiger partial charge in [0, 0.05) is 19.5 Å². The van der Waals surface area contributed by atoms with Crippen molar-refractivity contribution in [3.05, 3.63) is 23.1 Å². The van der Waals surface area contributed by atoms with Gasteiger partial charge in [-0.1, -0.05) is 0 Å². The average Bonchev–Trinajstić information content (AvgIpc) is 2.82. The summed E-state index contributed by atoms with van der Waals surface area (Å²) in [5.41, 5.74) is 5.15. The minimum Gasteiger partial charge on any atom is -0.440 e. The first-order valence-electron chi connectivity index (χ1n) is 6.39. The van der Waals surface area contributed by atoms with E-state index in [4.69, 9.17) is 21.8 Å². The van der Waals surface area contributed by atoms with Gasteiger partial charge in [-0.05, 0) is 48.9 Å². The molecule has 0 saturated carbocycles. The van der Waals surface area contributed by atoms with Gasteiger partial charge in [-0.2, -0.15) is 0 Å². The molecule has 19 heavy (non-hydrogen) atoms. The Bertz CT molecular complexity index is 472. The van der Waals surface area contributed by atoms with E-state index in [1.54, 1.807) is 17.0 Å². The zero-order valence-electron chi connectivity index (χ0n) is 10.6. The van der Waals surface area contributed by atoms with Crippen molar-refractivity contribution in [3.8, 4) is 0 Å². The van der Waals surface area contributed by atoms with Crippen molar-refractivity contribution in [3.63, 3.8) is 0 Å². The molecule has 0 spiro atoms. The third kappa shape index (κ3) is 3.73. The molecule has 6 heteroatoms. The Morgan fingerprint density at radius 3 is 2.89 bits per heavy atom. The van der Waals surface area contributed by atoms with Gasteiger partial charge in [0.2, 0.25) is 5.91 Å². The van der Waals surface area contributed by atoms with Gasteiger partial charge in [0.05, 0.1) is 0 Å². The molecule has 2 heterocycles. The van der Waals surface area contributed by atoms with Crippen LogP contribution in [-0.4, -0.2) is 29.8 Å². The van der Waals surface area contributed by atoms with E-state index < -0.39 is 0 Å². The summed E-state index contributed by atoms with van der Waals surface area (Å²) in [6.07, 6.45) is 3.07. The maximum absolute atomic E-state index is 12.2. The fourth-order valence-electron chi connectivity index (χ4n) is 2.42. The Labute approximate surface area is 116 Å². The minimum absolute atomic E-state index is 0.143. The number of likely N-dealkylation sites (tertiary alicyclic amines) is 1. The van der Waals surface area contributed by atoms with Gasteiger partial charge in [-0.25, -0.2) is 0 Å². The highest BCUT2D eigenvalue weighted by Crippen LogP contribution is 2.23. The Hall–Kier alpha value is -1.49. The molecule has 2 rings (SSSR count). The van der Waals surface area contributed by atoms with Crippen LogP contribution in [0.3, 0.4) is 0 Å². The second-order valence-corrected chi connectivity index (χ2v) is 5.24. The third-order valence-corrected chi connectivity index (χ3v) is 3.59. The van der Waals surface area contributed by atoms with E-state index >= 15 is 0 Å². The van der Waals surface area contributed by atoms with Crippen molar-refractivity contribution in [1.29, 1.82) is 0 Å². The van der Waals surface area contributed by atoms with E-state index in [2.05, 4.69) is 0 Å². The largest absolute Gasteiger partial charge is 0.440 e. The van der Waals surface area contributed by atoms with E-state index in [1.807, 2.05) is 0 Å². The number of furan rings is 1. The first kappa shape index (κ1) is 13.9. The molecule has 0 bridgehead atoms. The van der Waals surface area contributed by atoms with Crippen molar-refractivity contribution < 1.29 is 14.0 Å². The molecule has 1 unspecified atom stereocenters. The number of piperidine rings is 1. The van der Waals surface area contributed by atoms with Crippen LogP contribution < -0.4 is 5.73 Å². The summed E-state index contributed by atoms with van der Waals surface area (Å²) in [4.78, 5) is 24.7. The number of nitrogens with zero attached hydrogens (tertiary/aromatic N) is 1. The second-order valence-electron chi connectivity index (χ2n) is 4.87. The summed E-state index contributed by atoms with van der Waals surface area (Å²) < 4.78 is 5.13. The quantitative estimate of drug-likeness (QED) is 0.919. The molecule has 1 aliphatic heterocycles.